The van der Waals surface area contributed by atoms with Gasteiger partial charge in [0.25, 0.3) is 0 Å². The van der Waals surface area contributed by atoms with Crippen molar-refractivity contribution >= 4 is 11.6 Å². The average molecular weight is 272 g/mol. The minimum Gasteiger partial charge on any atom is -0.381 e. The molecule has 1 aliphatic heterocycles. The molecule has 1 fully saturated rings. The van der Waals surface area contributed by atoms with E-state index in [0.717, 1.165) is 44.6 Å². The van der Waals surface area contributed by atoms with Gasteiger partial charge in [-0.15, -0.1) is 0 Å². The molecule has 1 unspecified atom stereocenters. The number of hydrogen-bond donors (Lipinski definition) is 1. The van der Waals surface area contributed by atoms with Gasteiger partial charge in [0.2, 0.25) is 0 Å². The second kappa shape index (κ2) is 6.00. The second-order valence-corrected chi connectivity index (χ2v) is 5.52. The molecule has 4 heteroatoms. The molecule has 2 rings (SSSR count). The molecule has 0 saturated carbocycles. The molecule has 1 heterocycles. The SMILES string of the molecule is CNCC1(Cc2ccc(Cl)c(F)c2)CCCOC1. The summed E-state index contributed by atoms with van der Waals surface area (Å²) < 4.78 is 19.1. The molecule has 1 aliphatic rings. The van der Waals surface area contributed by atoms with Crippen LogP contribution in [0.1, 0.15) is 18.4 Å². The first-order valence-corrected chi connectivity index (χ1v) is 6.69. The van der Waals surface area contributed by atoms with Crippen LogP contribution in [0.25, 0.3) is 0 Å². The van der Waals surface area contributed by atoms with Crippen LogP contribution in [0.15, 0.2) is 18.2 Å². The van der Waals surface area contributed by atoms with Crippen molar-refractivity contribution in [3.63, 3.8) is 0 Å². The number of benzene rings is 1. The van der Waals surface area contributed by atoms with Crippen molar-refractivity contribution < 1.29 is 9.13 Å². The normalized spacial score (nSPS) is 24.2. The van der Waals surface area contributed by atoms with Crippen molar-refractivity contribution in [1.29, 1.82) is 0 Å². The highest BCUT2D eigenvalue weighted by Crippen LogP contribution is 2.32. The Labute approximate surface area is 112 Å². The van der Waals surface area contributed by atoms with E-state index in [1.165, 1.54) is 6.07 Å². The monoisotopic (exact) mass is 271 g/mol. The number of halogens is 2. The maximum absolute atomic E-state index is 13.5. The Balaban J connectivity index is 2.14. The van der Waals surface area contributed by atoms with E-state index in [4.69, 9.17) is 16.3 Å². The molecule has 1 aromatic rings. The summed E-state index contributed by atoms with van der Waals surface area (Å²) in [7, 11) is 1.94. The number of rotatable bonds is 4. The Morgan fingerprint density at radius 1 is 1.50 bits per heavy atom. The highest BCUT2D eigenvalue weighted by atomic mass is 35.5. The van der Waals surface area contributed by atoms with Gasteiger partial charge in [0, 0.05) is 18.6 Å². The summed E-state index contributed by atoms with van der Waals surface area (Å²) in [6, 6.07) is 5.06. The van der Waals surface area contributed by atoms with Crippen LogP contribution in [0.2, 0.25) is 5.02 Å². The van der Waals surface area contributed by atoms with Gasteiger partial charge in [-0.1, -0.05) is 17.7 Å². The summed E-state index contributed by atoms with van der Waals surface area (Å²) in [5, 5.41) is 3.41. The van der Waals surface area contributed by atoms with Gasteiger partial charge in [0.05, 0.1) is 11.6 Å². The van der Waals surface area contributed by atoms with Crippen LogP contribution in [0.4, 0.5) is 4.39 Å². The molecule has 18 heavy (non-hydrogen) atoms. The lowest BCUT2D eigenvalue weighted by molar-refractivity contribution is -0.00626. The van der Waals surface area contributed by atoms with Gasteiger partial charge in [0.1, 0.15) is 5.82 Å². The third-order valence-corrected chi connectivity index (χ3v) is 3.83. The molecule has 1 N–H and O–H groups in total. The van der Waals surface area contributed by atoms with Crippen LogP contribution >= 0.6 is 11.6 Å². The highest BCUT2D eigenvalue weighted by Gasteiger charge is 2.32. The largest absolute Gasteiger partial charge is 0.381 e. The summed E-state index contributed by atoms with van der Waals surface area (Å²) in [5.41, 5.74) is 1.06. The third-order valence-electron chi connectivity index (χ3n) is 3.52. The van der Waals surface area contributed by atoms with Crippen molar-refractivity contribution in [1.82, 2.24) is 5.32 Å². The summed E-state index contributed by atoms with van der Waals surface area (Å²) in [6.07, 6.45) is 3.00. The smallest absolute Gasteiger partial charge is 0.142 e. The zero-order valence-corrected chi connectivity index (χ0v) is 11.4. The standard InChI is InChI=1S/C14H19ClFNO/c1-17-9-14(5-2-6-18-10-14)8-11-3-4-12(15)13(16)7-11/h3-4,7,17H,2,5-6,8-10H2,1H3. The molecule has 0 radical (unpaired) electrons. The molecule has 0 amide bonds. The van der Waals surface area contributed by atoms with Gasteiger partial charge in [-0.25, -0.2) is 4.39 Å². The summed E-state index contributed by atoms with van der Waals surface area (Å²) >= 11 is 5.71. The first kappa shape index (κ1) is 13.8. The Kier molecular flexibility index (Phi) is 4.60. The average Bonchev–Trinajstić information content (AvgIpc) is 2.35. The van der Waals surface area contributed by atoms with Crippen molar-refractivity contribution in [3.05, 3.63) is 34.6 Å². The van der Waals surface area contributed by atoms with Crippen LogP contribution < -0.4 is 5.32 Å². The Bertz CT molecular complexity index is 399. The van der Waals surface area contributed by atoms with Crippen LogP contribution in [0.3, 0.4) is 0 Å². The van der Waals surface area contributed by atoms with E-state index >= 15 is 0 Å². The molecule has 1 aromatic carbocycles. The van der Waals surface area contributed by atoms with Crippen molar-refractivity contribution in [2.75, 3.05) is 26.8 Å². The predicted octanol–water partition coefficient (Wildman–Crippen LogP) is 3.04. The zero-order chi connectivity index (χ0) is 13.0. The summed E-state index contributed by atoms with van der Waals surface area (Å²) in [4.78, 5) is 0. The maximum atomic E-state index is 13.5. The van der Waals surface area contributed by atoms with Crippen LogP contribution in [0.5, 0.6) is 0 Å². The van der Waals surface area contributed by atoms with Gasteiger partial charge < -0.3 is 10.1 Å². The van der Waals surface area contributed by atoms with Gasteiger partial charge in [-0.3, -0.25) is 0 Å². The minimum atomic E-state index is -0.342. The van der Waals surface area contributed by atoms with Crippen LogP contribution in [-0.4, -0.2) is 26.8 Å². The minimum absolute atomic E-state index is 0.0767. The number of hydrogen-bond acceptors (Lipinski definition) is 2. The molecule has 2 nitrogen and oxygen atoms in total. The Hall–Kier alpha value is -0.640. The predicted molar refractivity (Wildman–Crippen MR) is 71.5 cm³/mol. The van der Waals surface area contributed by atoms with Crippen LogP contribution in [0, 0.1) is 11.2 Å². The maximum Gasteiger partial charge on any atom is 0.142 e. The lowest BCUT2D eigenvalue weighted by Gasteiger charge is -2.37. The number of ether oxygens (including phenoxy) is 1. The van der Waals surface area contributed by atoms with Gasteiger partial charge in [0.15, 0.2) is 0 Å². The zero-order valence-electron chi connectivity index (χ0n) is 10.6. The summed E-state index contributed by atoms with van der Waals surface area (Å²) in [6.45, 7) is 2.45. The third kappa shape index (κ3) is 3.22. The van der Waals surface area contributed by atoms with E-state index in [9.17, 15) is 4.39 Å². The van der Waals surface area contributed by atoms with Crippen molar-refractivity contribution in [2.24, 2.45) is 5.41 Å². The molecule has 0 bridgehead atoms. The van der Waals surface area contributed by atoms with Gasteiger partial charge >= 0.3 is 0 Å². The van der Waals surface area contributed by atoms with Gasteiger partial charge in [-0.05, 0) is 44.0 Å². The summed E-state index contributed by atoms with van der Waals surface area (Å²) in [5.74, 6) is -0.342. The van der Waals surface area contributed by atoms with E-state index in [1.54, 1.807) is 6.07 Å². The Morgan fingerprint density at radius 2 is 2.33 bits per heavy atom. The molecule has 1 saturated heterocycles. The molecular weight excluding hydrogens is 253 g/mol. The molecule has 0 spiro atoms. The van der Waals surface area contributed by atoms with Crippen molar-refractivity contribution in [2.45, 2.75) is 19.3 Å². The number of nitrogens with one attached hydrogen (secondary N) is 1. The molecule has 100 valence electrons. The van der Waals surface area contributed by atoms with E-state index in [-0.39, 0.29) is 16.3 Å². The lowest BCUT2D eigenvalue weighted by atomic mass is 9.77. The fourth-order valence-electron chi connectivity index (χ4n) is 2.71. The van der Waals surface area contributed by atoms with E-state index in [1.807, 2.05) is 13.1 Å². The highest BCUT2D eigenvalue weighted by molar-refractivity contribution is 6.30. The van der Waals surface area contributed by atoms with E-state index < -0.39 is 0 Å². The first-order valence-electron chi connectivity index (χ1n) is 6.31. The molecular formula is C14H19ClFNO. The molecule has 0 aromatic heterocycles. The van der Waals surface area contributed by atoms with E-state index in [0.29, 0.717) is 0 Å². The lowest BCUT2D eigenvalue weighted by Crippen LogP contribution is -2.41. The molecule has 0 aliphatic carbocycles. The van der Waals surface area contributed by atoms with Crippen LogP contribution in [-0.2, 0) is 11.2 Å². The van der Waals surface area contributed by atoms with E-state index in [2.05, 4.69) is 5.32 Å². The van der Waals surface area contributed by atoms with Gasteiger partial charge in [-0.2, -0.15) is 0 Å². The fourth-order valence-corrected chi connectivity index (χ4v) is 2.83. The quantitative estimate of drug-likeness (QED) is 0.909. The topological polar surface area (TPSA) is 21.3 Å². The first-order chi connectivity index (χ1) is 8.65. The second-order valence-electron chi connectivity index (χ2n) is 5.11. The van der Waals surface area contributed by atoms with Crippen molar-refractivity contribution in [3.8, 4) is 0 Å². The fraction of sp³-hybridized carbons (Fsp3) is 0.571. The molecule has 1 atom stereocenters. The Morgan fingerprint density at radius 3 is 2.94 bits per heavy atom.